The van der Waals surface area contributed by atoms with Crippen molar-refractivity contribution < 1.29 is 21.9 Å². The van der Waals surface area contributed by atoms with Gasteiger partial charge in [-0.2, -0.15) is 4.31 Å². The van der Waals surface area contributed by atoms with Gasteiger partial charge in [-0.3, -0.25) is 0 Å². The SMILES string of the molecule is CC1CN(S(=O)(=O)c2cc(N)cc(F)c2F)CC(C)(C)O1. The molecule has 0 aromatic heterocycles. The minimum absolute atomic E-state index is 0.0511. The van der Waals surface area contributed by atoms with Gasteiger partial charge in [-0.1, -0.05) is 0 Å². The van der Waals surface area contributed by atoms with Crippen LogP contribution in [-0.4, -0.2) is 37.5 Å². The summed E-state index contributed by atoms with van der Waals surface area (Å²) < 4.78 is 59.1. The topological polar surface area (TPSA) is 72.6 Å². The molecule has 118 valence electrons. The summed E-state index contributed by atoms with van der Waals surface area (Å²) in [5.41, 5.74) is 4.57. The van der Waals surface area contributed by atoms with Crippen LogP contribution in [0.15, 0.2) is 17.0 Å². The Balaban J connectivity index is 2.48. The molecule has 0 spiro atoms. The number of nitrogens with zero attached hydrogens (tertiary/aromatic N) is 1. The van der Waals surface area contributed by atoms with E-state index in [0.717, 1.165) is 16.4 Å². The second-order valence-corrected chi connectivity index (χ2v) is 7.71. The van der Waals surface area contributed by atoms with E-state index in [0.29, 0.717) is 0 Å². The summed E-state index contributed by atoms with van der Waals surface area (Å²) in [5.74, 6) is -2.70. The summed E-state index contributed by atoms with van der Waals surface area (Å²) in [5, 5.41) is 0. The first-order valence-corrected chi connectivity index (χ1v) is 7.89. The molecule has 0 amide bonds. The smallest absolute Gasteiger partial charge is 0.246 e. The zero-order valence-electron chi connectivity index (χ0n) is 12.1. The second kappa shape index (κ2) is 5.19. The van der Waals surface area contributed by atoms with E-state index in [2.05, 4.69) is 0 Å². The molecule has 1 aromatic rings. The van der Waals surface area contributed by atoms with E-state index in [1.54, 1.807) is 20.8 Å². The van der Waals surface area contributed by atoms with Gasteiger partial charge in [0.25, 0.3) is 0 Å². The fourth-order valence-corrected chi connectivity index (χ4v) is 4.26. The summed E-state index contributed by atoms with van der Waals surface area (Å²) in [4.78, 5) is -0.745. The largest absolute Gasteiger partial charge is 0.399 e. The number of sulfonamides is 1. The number of hydrogen-bond donors (Lipinski definition) is 1. The van der Waals surface area contributed by atoms with E-state index < -0.39 is 32.2 Å². The molecule has 1 saturated heterocycles. The van der Waals surface area contributed by atoms with Crippen LogP contribution < -0.4 is 5.73 Å². The lowest BCUT2D eigenvalue weighted by molar-refractivity contribution is -0.109. The first-order chi connectivity index (χ1) is 9.53. The predicted octanol–water partition coefficient (Wildman–Crippen LogP) is 1.74. The van der Waals surface area contributed by atoms with Gasteiger partial charge in [-0.05, 0) is 32.9 Å². The third-order valence-electron chi connectivity index (χ3n) is 3.17. The zero-order valence-corrected chi connectivity index (χ0v) is 12.9. The van der Waals surface area contributed by atoms with Crippen molar-refractivity contribution in [3.05, 3.63) is 23.8 Å². The zero-order chi connectivity index (χ0) is 16.0. The van der Waals surface area contributed by atoms with Crippen molar-refractivity contribution >= 4 is 15.7 Å². The molecule has 1 aliphatic rings. The molecule has 1 atom stereocenters. The highest BCUT2D eigenvalue weighted by Crippen LogP contribution is 2.29. The van der Waals surface area contributed by atoms with Crippen molar-refractivity contribution in [2.45, 2.75) is 37.4 Å². The molecule has 0 bridgehead atoms. The minimum atomic E-state index is -4.18. The molecule has 1 heterocycles. The van der Waals surface area contributed by atoms with Gasteiger partial charge in [-0.25, -0.2) is 17.2 Å². The van der Waals surface area contributed by atoms with Gasteiger partial charge in [-0.15, -0.1) is 0 Å². The van der Waals surface area contributed by atoms with Gasteiger partial charge in [0, 0.05) is 18.8 Å². The molecule has 21 heavy (non-hydrogen) atoms. The lowest BCUT2D eigenvalue weighted by Gasteiger charge is -2.40. The molecule has 1 fully saturated rings. The van der Waals surface area contributed by atoms with Crippen molar-refractivity contribution in [1.29, 1.82) is 0 Å². The van der Waals surface area contributed by atoms with Crippen molar-refractivity contribution in [1.82, 2.24) is 4.31 Å². The number of nitrogens with two attached hydrogens (primary N) is 1. The quantitative estimate of drug-likeness (QED) is 0.843. The van der Waals surface area contributed by atoms with Crippen molar-refractivity contribution in [3.63, 3.8) is 0 Å². The third kappa shape index (κ3) is 3.17. The summed E-state index contributed by atoms with van der Waals surface area (Å²) >= 11 is 0. The van der Waals surface area contributed by atoms with E-state index in [1.807, 2.05) is 0 Å². The van der Waals surface area contributed by atoms with Crippen LogP contribution in [-0.2, 0) is 14.8 Å². The van der Waals surface area contributed by atoms with Crippen LogP contribution in [0.3, 0.4) is 0 Å². The monoisotopic (exact) mass is 320 g/mol. The molecule has 8 heteroatoms. The molecular formula is C13H18F2N2O3S. The lowest BCUT2D eigenvalue weighted by Crippen LogP contribution is -2.53. The molecule has 0 aliphatic carbocycles. The van der Waals surface area contributed by atoms with E-state index in [9.17, 15) is 17.2 Å². The number of benzene rings is 1. The first kappa shape index (κ1) is 16.1. The average molecular weight is 320 g/mol. The highest BCUT2D eigenvalue weighted by atomic mass is 32.2. The van der Waals surface area contributed by atoms with Crippen LogP contribution in [0.25, 0.3) is 0 Å². The van der Waals surface area contributed by atoms with Gasteiger partial charge < -0.3 is 10.5 Å². The van der Waals surface area contributed by atoms with Gasteiger partial charge in [0.05, 0.1) is 11.7 Å². The second-order valence-electron chi connectivity index (χ2n) is 5.80. The molecule has 0 radical (unpaired) electrons. The van der Waals surface area contributed by atoms with Crippen LogP contribution in [0.5, 0.6) is 0 Å². The Hall–Kier alpha value is -1.25. The molecule has 2 rings (SSSR count). The van der Waals surface area contributed by atoms with Crippen LogP contribution in [0.2, 0.25) is 0 Å². The van der Waals surface area contributed by atoms with Gasteiger partial charge in [0.1, 0.15) is 4.90 Å². The van der Waals surface area contributed by atoms with E-state index in [-0.39, 0.29) is 24.9 Å². The fraction of sp³-hybridized carbons (Fsp3) is 0.538. The fourth-order valence-electron chi connectivity index (χ4n) is 2.49. The number of hydrogen-bond acceptors (Lipinski definition) is 4. The summed E-state index contributed by atoms with van der Waals surface area (Å²) in [7, 11) is -4.18. The Morgan fingerprint density at radius 2 is 2.00 bits per heavy atom. The standard InChI is InChI=1S/C13H18F2N2O3S/c1-8-6-17(7-13(2,3)20-8)21(18,19)11-5-9(16)4-10(14)12(11)15/h4-5,8H,6-7,16H2,1-3H3. The lowest BCUT2D eigenvalue weighted by atomic mass is 10.1. The number of nitrogen functional groups attached to an aromatic ring is 1. The van der Waals surface area contributed by atoms with Gasteiger partial charge in [0.15, 0.2) is 11.6 Å². The Labute approximate surface area is 122 Å². The number of halogens is 2. The molecule has 1 aliphatic heterocycles. The summed E-state index contributed by atoms with van der Waals surface area (Å²) in [6.45, 7) is 5.32. The number of anilines is 1. The predicted molar refractivity (Wildman–Crippen MR) is 74.2 cm³/mol. The maximum Gasteiger partial charge on any atom is 0.246 e. The maximum absolute atomic E-state index is 13.9. The van der Waals surface area contributed by atoms with E-state index >= 15 is 0 Å². The van der Waals surface area contributed by atoms with E-state index in [4.69, 9.17) is 10.5 Å². The van der Waals surface area contributed by atoms with Crippen LogP contribution >= 0.6 is 0 Å². The molecule has 5 nitrogen and oxygen atoms in total. The third-order valence-corrected chi connectivity index (χ3v) is 4.98. The van der Waals surface area contributed by atoms with Crippen LogP contribution in [0.1, 0.15) is 20.8 Å². The Morgan fingerprint density at radius 3 is 2.57 bits per heavy atom. The number of rotatable bonds is 2. The molecule has 2 N–H and O–H groups in total. The molecule has 1 unspecified atom stereocenters. The molecule has 0 saturated carbocycles. The minimum Gasteiger partial charge on any atom is -0.399 e. The van der Waals surface area contributed by atoms with Gasteiger partial charge >= 0.3 is 0 Å². The van der Waals surface area contributed by atoms with Crippen molar-refractivity contribution in [3.8, 4) is 0 Å². The maximum atomic E-state index is 13.9. The average Bonchev–Trinajstić information content (AvgIpc) is 2.31. The Morgan fingerprint density at radius 1 is 1.38 bits per heavy atom. The Bertz CT molecular complexity index is 662. The number of ether oxygens (including phenoxy) is 1. The summed E-state index contributed by atoms with van der Waals surface area (Å²) in [6, 6.07) is 1.68. The summed E-state index contributed by atoms with van der Waals surface area (Å²) in [6.07, 6.45) is -0.350. The first-order valence-electron chi connectivity index (χ1n) is 6.45. The normalized spacial score (nSPS) is 23.2. The van der Waals surface area contributed by atoms with Crippen LogP contribution in [0.4, 0.5) is 14.5 Å². The highest BCUT2D eigenvalue weighted by Gasteiger charge is 2.39. The van der Waals surface area contributed by atoms with E-state index in [1.165, 1.54) is 0 Å². The molecular weight excluding hydrogens is 302 g/mol. The van der Waals surface area contributed by atoms with Crippen LogP contribution in [0, 0.1) is 11.6 Å². The highest BCUT2D eigenvalue weighted by molar-refractivity contribution is 7.89. The molecule has 1 aromatic carbocycles. The number of morpholine rings is 1. The van der Waals surface area contributed by atoms with Gasteiger partial charge in [0.2, 0.25) is 10.0 Å². The Kier molecular flexibility index (Phi) is 3.98. The van der Waals surface area contributed by atoms with Crippen molar-refractivity contribution in [2.75, 3.05) is 18.8 Å². The van der Waals surface area contributed by atoms with Crippen molar-refractivity contribution in [2.24, 2.45) is 0 Å².